The fourth-order valence-corrected chi connectivity index (χ4v) is 7.25. The normalized spacial score (nSPS) is 11.6. The van der Waals surface area contributed by atoms with Crippen LogP contribution in [0.25, 0.3) is 87.1 Å². The molecule has 0 bridgehead atoms. The van der Waals surface area contributed by atoms with Crippen molar-refractivity contribution in [1.29, 1.82) is 0 Å². The van der Waals surface area contributed by atoms with Crippen LogP contribution in [0.5, 0.6) is 0 Å². The number of aromatic nitrogens is 4. The van der Waals surface area contributed by atoms with E-state index >= 15 is 0 Å². The fourth-order valence-electron chi connectivity index (χ4n) is 6.06. The van der Waals surface area contributed by atoms with Gasteiger partial charge in [0.1, 0.15) is 0 Å². The highest BCUT2D eigenvalue weighted by Gasteiger charge is 2.15. The van der Waals surface area contributed by atoms with Crippen molar-refractivity contribution >= 4 is 53.1 Å². The van der Waals surface area contributed by atoms with Crippen LogP contribution in [-0.4, -0.2) is 19.9 Å². The molecule has 0 amide bonds. The number of benzene rings is 6. The summed E-state index contributed by atoms with van der Waals surface area (Å²) in [6, 6.07) is 48.4. The SMILES string of the molecule is c1ccc(-c2nc(-c3cccc(-c4cc5c(cn4)sc4c6ccccc6ccc54)c3)nc(-c3ccc4ccccc4c3)n2)cc1. The van der Waals surface area contributed by atoms with Crippen molar-refractivity contribution in [2.24, 2.45) is 0 Å². The van der Waals surface area contributed by atoms with Crippen LogP contribution >= 0.6 is 11.3 Å². The highest BCUT2D eigenvalue weighted by Crippen LogP contribution is 2.39. The van der Waals surface area contributed by atoms with Gasteiger partial charge in [-0.3, -0.25) is 4.98 Å². The Morgan fingerprint density at radius 3 is 1.89 bits per heavy atom. The van der Waals surface area contributed by atoms with Gasteiger partial charge in [-0.2, -0.15) is 0 Å². The summed E-state index contributed by atoms with van der Waals surface area (Å²) in [5, 5.41) is 7.36. The Bertz CT molecular complexity index is 2550. The molecule has 0 N–H and O–H groups in total. The van der Waals surface area contributed by atoms with E-state index in [2.05, 4.69) is 109 Å². The number of rotatable bonds is 4. The predicted molar refractivity (Wildman–Crippen MR) is 187 cm³/mol. The Balaban J connectivity index is 1.18. The third-order valence-corrected chi connectivity index (χ3v) is 9.53. The minimum absolute atomic E-state index is 0.627. The van der Waals surface area contributed by atoms with E-state index in [1.165, 1.54) is 36.3 Å². The van der Waals surface area contributed by atoms with Crippen LogP contribution in [0.3, 0.4) is 0 Å². The van der Waals surface area contributed by atoms with Crippen molar-refractivity contribution in [3.8, 4) is 45.4 Å². The molecule has 45 heavy (non-hydrogen) atoms. The van der Waals surface area contributed by atoms with E-state index in [9.17, 15) is 0 Å². The average Bonchev–Trinajstić information content (AvgIpc) is 3.50. The molecule has 0 aliphatic heterocycles. The molecule has 0 saturated heterocycles. The molecule has 0 atom stereocenters. The van der Waals surface area contributed by atoms with E-state index in [0.717, 1.165) is 33.3 Å². The lowest BCUT2D eigenvalue weighted by atomic mass is 10.0. The third kappa shape index (κ3) is 4.53. The zero-order chi connectivity index (χ0) is 29.7. The van der Waals surface area contributed by atoms with E-state index < -0.39 is 0 Å². The Labute approximate surface area is 263 Å². The van der Waals surface area contributed by atoms with Crippen LogP contribution in [0.4, 0.5) is 0 Å². The fraction of sp³-hybridized carbons (Fsp3) is 0. The molecular weight excluding hydrogens is 569 g/mol. The molecule has 0 spiro atoms. The number of thiophene rings is 1. The molecule has 210 valence electrons. The lowest BCUT2D eigenvalue weighted by Gasteiger charge is -2.10. The molecule has 0 aliphatic carbocycles. The average molecular weight is 593 g/mol. The van der Waals surface area contributed by atoms with E-state index in [0.29, 0.717) is 17.5 Å². The first-order chi connectivity index (χ1) is 22.3. The maximum absolute atomic E-state index is 5.01. The van der Waals surface area contributed by atoms with Crippen molar-refractivity contribution in [2.45, 2.75) is 0 Å². The first kappa shape index (κ1) is 25.7. The second-order valence-electron chi connectivity index (χ2n) is 11.1. The van der Waals surface area contributed by atoms with Crippen molar-refractivity contribution < 1.29 is 0 Å². The second kappa shape index (κ2) is 10.4. The van der Waals surface area contributed by atoms with Crippen LogP contribution < -0.4 is 0 Å². The zero-order valence-electron chi connectivity index (χ0n) is 24.1. The van der Waals surface area contributed by atoms with Gasteiger partial charge in [-0.05, 0) is 39.7 Å². The number of hydrogen-bond acceptors (Lipinski definition) is 5. The molecule has 0 saturated carbocycles. The van der Waals surface area contributed by atoms with Gasteiger partial charge in [-0.1, -0.05) is 121 Å². The molecule has 9 rings (SSSR count). The predicted octanol–water partition coefficient (Wildman–Crippen LogP) is 10.6. The molecule has 5 heteroatoms. The summed E-state index contributed by atoms with van der Waals surface area (Å²) >= 11 is 1.81. The molecule has 0 fully saturated rings. The van der Waals surface area contributed by atoms with E-state index in [-0.39, 0.29) is 0 Å². The van der Waals surface area contributed by atoms with Gasteiger partial charge in [0, 0.05) is 43.9 Å². The lowest BCUT2D eigenvalue weighted by Crippen LogP contribution is -2.00. The summed E-state index contributed by atoms with van der Waals surface area (Å²) < 4.78 is 2.49. The number of fused-ring (bicyclic) bond motifs is 6. The maximum Gasteiger partial charge on any atom is 0.164 e. The van der Waals surface area contributed by atoms with Gasteiger partial charge >= 0.3 is 0 Å². The van der Waals surface area contributed by atoms with Crippen LogP contribution in [0.2, 0.25) is 0 Å². The van der Waals surface area contributed by atoms with Gasteiger partial charge < -0.3 is 0 Å². The van der Waals surface area contributed by atoms with Crippen LogP contribution in [0.15, 0.2) is 146 Å². The van der Waals surface area contributed by atoms with Gasteiger partial charge in [-0.15, -0.1) is 11.3 Å². The van der Waals surface area contributed by atoms with Crippen molar-refractivity contribution in [2.75, 3.05) is 0 Å². The van der Waals surface area contributed by atoms with Crippen LogP contribution in [0.1, 0.15) is 0 Å². The standard InChI is InChI=1S/C40H24N4S/c1-2-11-27(12-3-1)38-42-39(44-40(43-38)31-18-17-25-9-4-5-13-28(25)21-31)30-15-8-14-29(22-30)35-23-34-33-20-19-26-10-6-7-16-32(26)37(33)45-36(34)24-41-35/h1-24H. The topological polar surface area (TPSA) is 51.6 Å². The number of nitrogens with zero attached hydrogens (tertiary/aromatic N) is 4. The largest absolute Gasteiger partial charge is 0.255 e. The Kier molecular flexibility index (Phi) is 5.96. The highest BCUT2D eigenvalue weighted by molar-refractivity contribution is 7.26. The highest BCUT2D eigenvalue weighted by atomic mass is 32.1. The summed E-state index contributed by atoms with van der Waals surface area (Å²) in [6.07, 6.45) is 2.01. The van der Waals surface area contributed by atoms with Gasteiger partial charge in [-0.25, -0.2) is 15.0 Å². The minimum Gasteiger partial charge on any atom is -0.255 e. The Morgan fingerprint density at radius 2 is 1.04 bits per heavy atom. The summed E-state index contributed by atoms with van der Waals surface area (Å²) in [7, 11) is 0. The summed E-state index contributed by atoms with van der Waals surface area (Å²) in [6.45, 7) is 0. The zero-order valence-corrected chi connectivity index (χ0v) is 24.9. The first-order valence-electron chi connectivity index (χ1n) is 14.9. The monoisotopic (exact) mass is 592 g/mol. The molecule has 0 radical (unpaired) electrons. The molecule has 4 nitrogen and oxygen atoms in total. The van der Waals surface area contributed by atoms with E-state index in [1.54, 1.807) is 11.3 Å². The van der Waals surface area contributed by atoms with Gasteiger partial charge in [0.2, 0.25) is 0 Å². The minimum atomic E-state index is 0.627. The third-order valence-electron chi connectivity index (χ3n) is 8.34. The number of hydrogen-bond donors (Lipinski definition) is 0. The molecule has 3 heterocycles. The van der Waals surface area contributed by atoms with Gasteiger partial charge in [0.25, 0.3) is 0 Å². The maximum atomic E-state index is 5.01. The molecule has 0 aliphatic rings. The van der Waals surface area contributed by atoms with E-state index in [4.69, 9.17) is 19.9 Å². The van der Waals surface area contributed by atoms with E-state index in [1.807, 2.05) is 36.5 Å². The summed E-state index contributed by atoms with van der Waals surface area (Å²) in [4.78, 5) is 19.8. The quantitative estimate of drug-likeness (QED) is 0.204. The van der Waals surface area contributed by atoms with Crippen molar-refractivity contribution in [3.05, 3.63) is 146 Å². The molecular formula is C40H24N4S. The molecule has 3 aromatic heterocycles. The van der Waals surface area contributed by atoms with Gasteiger partial charge in [0.15, 0.2) is 17.5 Å². The number of pyridine rings is 1. The Hall–Kier alpha value is -5.78. The smallest absolute Gasteiger partial charge is 0.164 e. The second-order valence-corrected chi connectivity index (χ2v) is 12.2. The van der Waals surface area contributed by atoms with Crippen molar-refractivity contribution in [1.82, 2.24) is 19.9 Å². The molecule has 6 aromatic carbocycles. The molecule has 0 unspecified atom stereocenters. The molecule has 9 aromatic rings. The Morgan fingerprint density at radius 1 is 0.400 bits per heavy atom. The summed E-state index contributed by atoms with van der Waals surface area (Å²) in [5.74, 6) is 1.92. The van der Waals surface area contributed by atoms with Gasteiger partial charge in [0.05, 0.1) is 10.4 Å². The lowest BCUT2D eigenvalue weighted by molar-refractivity contribution is 1.07. The van der Waals surface area contributed by atoms with Crippen LogP contribution in [0, 0.1) is 0 Å². The summed E-state index contributed by atoms with van der Waals surface area (Å²) in [5.41, 5.74) is 4.75. The first-order valence-corrected chi connectivity index (χ1v) is 15.7. The van der Waals surface area contributed by atoms with Crippen LogP contribution in [-0.2, 0) is 0 Å². The van der Waals surface area contributed by atoms with Crippen molar-refractivity contribution in [3.63, 3.8) is 0 Å².